The van der Waals surface area contributed by atoms with E-state index in [4.69, 9.17) is 4.74 Å². The van der Waals surface area contributed by atoms with Crippen molar-refractivity contribution in [3.05, 3.63) is 59.9 Å². The molecule has 1 atom stereocenters. The average Bonchev–Trinajstić information content (AvgIpc) is 3.53. The summed E-state index contributed by atoms with van der Waals surface area (Å²) in [7, 11) is 0. The third kappa shape index (κ3) is 6.43. The number of carbonyl (C=O) groups excluding carboxylic acids is 3. The first kappa shape index (κ1) is 31.0. The average molecular weight is 589 g/mol. The molecule has 8 nitrogen and oxygen atoms in total. The number of aromatic nitrogens is 1. The summed E-state index contributed by atoms with van der Waals surface area (Å²) >= 11 is 0. The minimum absolute atomic E-state index is 0.0585. The summed E-state index contributed by atoms with van der Waals surface area (Å²) in [6.45, 7) is 12.0. The van der Waals surface area contributed by atoms with Crippen LogP contribution in [0.2, 0.25) is 0 Å². The molecule has 2 saturated heterocycles. The van der Waals surface area contributed by atoms with Crippen molar-refractivity contribution in [3.8, 4) is 0 Å². The van der Waals surface area contributed by atoms with E-state index in [0.29, 0.717) is 24.1 Å². The van der Waals surface area contributed by atoms with E-state index in [1.807, 2.05) is 51.1 Å². The van der Waals surface area contributed by atoms with Crippen molar-refractivity contribution in [1.82, 2.24) is 15.2 Å². The molecule has 3 aliphatic rings. The number of pyridine rings is 1. The standard InChI is InChI=1S/C35H48N4O4/c1-33(2,3)25-14-16-27(17-15-25)38(29(24-11-10-22-36-23-24)30(40)37-26-12-8-7-9-13-26)31(41)35-20-18-28(19-21-35)39(35)32(42)43-34(4,5)6/h10-11,14-17,22-23,26,28-29H,7-9,12-13,18-21H2,1-6H3,(H,37,40). The van der Waals surface area contributed by atoms with Crippen LogP contribution in [0.25, 0.3) is 0 Å². The number of ether oxygens (including phenoxy) is 1. The Balaban J connectivity index is 1.61. The van der Waals surface area contributed by atoms with E-state index in [2.05, 4.69) is 31.1 Å². The maximum absolute atomic E-state index is 15.2. The van der Waals surface area contributed by atoms with E-state index in [0.717, 1.165) is 44.1 Å². The molecule has 5 rings (SSSR count). The Labute approximate surface area is 256 Å². The molecule has 3 heterocycles. The first-order chi connectivity index (χ1) is 20.3. The number of carbonyl (C=O) groups is 3. The van der Waals surface area contributed by atoms with Crippen LogP contribution >= 0.6 is 0 Å². The van der Waals surface area contributed by atoms with Gasteiger partial charge in [0.15, 0.2) is 0 Å². The van der Waals surface area contributed by atoms with Gasteiger partial charge in [-0.1, -0.05) is 58.2 Å². The molecular formula is C35H48N4O4. The molecule has 1 N–H and O–H groups in total. The summed E-state index contributed by atoms with van der Waals surface area (Å²) in [6.07, 6.45) is 10.6. The minimum Gasteiger partial charge on any atom is -0.444 e. The Hall–Kier alpha value is -3.42. The molecule has 0 spiro atoms. The lowest BCUT2D eigenvalue weighted by Crippen LogP contribution is -2.59. The summed E-state index contributed by atoms with van der Waals surface area (Å²) in [5.41, 5.74) is 0.538. The number of fused-ring (bicyclic) bond motifs is 2. The van der Waals surface area contributed by atoms with Crippen LogP contribution in [-0.2, 0) is 19.7 Å². The lowest BCUT2D eigenvalue weighted by atomic mass is 9.84. The molecule has 3 fully saturated rings. The summed E-state index contributed by atoms with van der Waals surface area (Å²) in [5.74, 6) is -0.463. The number of nitrogens with one attached hydrogen (secondary N) is 1. The zero-order valence-electron chi connectivity index (χ0n) is 26.7. The third-order valence-electron chi connectivity index (χ3n) is 9.29. The van der Waals surface area contributed by atoms with Gasteiger partial charge in [-0.2, -0.15) is 0 Å². The molecule has 232 valence electrons. The maximum Gasteiger partial charge on any atom is 0.411 e. The zero-order chi connectivity index (χ0) is 31.0. The van der Waals surface area contributed by atoms with E-state index < -0.39 is 23.3 Å². The predicted molar refractivity (Wildman–Crippen MR) is 168 cm³/mol. The van der Waals surface area contributed by atoms with Gasteiger partial charge in [0.25, 0.3) is 5.91 Å². The third-order valence-corrected chi connectivity index (χ3v) is 9.29. The Morgan fingerprint density at radius 3 is 2.16 bits per heavy atom. The molecule has 2 aliphatic heterocycles. The van der Waals surface area contributed by atoms with Gasteiger partial charge in [0, 0.05) is 35.7 Å². The minimum atomic E-state index is -1.08. The second-order valence-electron chi connectivity index (χ2n) is 14.6. The van der Waals surface area contributed by atoms with Crippen molar-refractivity contribution < 1.29 is 19.1 Å². The van der Waals surface area contributed by atoms with Gasteiger partial charge in [-0.15, -0.1) is 0 Å². The van der Waals surface area contributed by atoms with Crippen LogP contribution in [0, 0.1) is 0 Å². The van der Waals surface area contributed by atoms with Gasteiger partial charge in [-0.25, -0.2) is 4.79 Å². The number of hydrogen-bond donors (Lipinski definition) is 1. The van der Waals surface area contributed by atoms with Gasteiger partial charge in [-0.05, 0) is 88.5 Å². The fourth-order valence-electron chi connectivity index (χ4n) is 7.09. The van der Waals surface area contributed by atoms with Crippen LogP contribution in [0.5, 0.6) is 0 Å². The molecule has 1 unspecified atom stereocenters. The lowest BCUT2D eigenvalue weighted by Gasteiger charge is -2.41. The van der Waals surface area contributed by atoms with Crippen molar-refractivity contribution in [2.75, 3.05) is 4.90 Å². The lowest BCUT2D eigenvalue weighted by molar-refractivity contribution is -0.132. The second-order valence-corrected chi connectivity index (χ2v) is 14.6. The Bertz CT molecular complexity index is 1300. The van der Waals surface area contributed by atoms with E-state index in [1.54, 1.807) is 28.3 Å². The van der Waals surface area contributed by atoms with Crippen molar-refractivity contribution in [2.24, 2.45) is 0 Å². The SMILES string of the molecule is CC(C)(C)OC(=O)N1C2CCC1(C(=O)N(c1ccc(C(C)(C)C)cc1)C(C(=O)NC1CCCCC1)c1cccnc1)CC2. The monoisotopic (exact) mass is 588 g/mol. The molecule has 1 aromatic heterocycles. The van der Waals surface area contributed by atoms with Crippen LogP contribution in [0.1, 0.15) is 116 Å². The van der Waals surface area contributed by atoms with Crippen molar-refractivity contribution in [2.45, 2.75) is 134 Å². The number of benzene rings is 1. The molecule has 1 saturated carbocycles. The first-order valence-electron chi connectivity index (χ1n) is 16.0. The van der Waals surface area contributed by atoms with Crippen LogP contribution in [0.4, 0.5) is 10.5 Å². The molecule has 3 amide bonds. The number of hydrogen-bond acceptors (Lipinski definition) is 5. The number of nitrogens with zero attached hydrogens (tertiary/aromatic N) is 3. The number of rotatable bonds is 6. The fourth-order valence-corrected chi connectivity index (χ4v) is 7.09. The predicted octanol–water partition coefficient (Wildman–Crippen LogP) is 6.83. The normalized spacial score (nSPS) is 23.1. The topological polar surface area (TPSA) is 91.8 Å². The summed E-state index contributed by atoms with van der Waals surface area (Å²) in [5, 5.41) is 3.29. The molecule has 2 bridgehead atoms. The van der Waals surface area contributed by atoms with E-state index in [-0.39, 0.29) is 29.3 Å². The Morgan fingerprint density at radius 2 is 1.60 bits per heavy atom. The van der Waals surface area contributed by atoms with E-state index >= 15 is 4.79 Å². The van der Waals surface area contributed by atoms with E-state index in [1.165, 1.54) is 6.42 Å². The van der Waals surface area contributed by atoms with Crippen LogP contribution < -0.4 is 10.2 Å². The highest BCUT2D eigenvalue weighted by Gasteiger charge is 2.61. The van der Waals surface area contributed by atoms with Gasteiger partial charge < -0.3 is 10.1 Å². The van der Waals surface area contributed by atoms with Gasteiger partial charge in [0.1, 0.15) is 17.2 Å². The van der Waals surface area contributed by atoms with Crippen LogP contribution in [0.3, 0.4) is 0 Å². The molecule has 1 aromatic carbocycles. The van der Waals surface area contributed by atoms with Gasteiger partial charge in [-0.3, -0.25) is 24.4 Å². The molecule has 0 radical (unpaired) electrons. The molecule has 2 aromatic rings. The van der Waals surface area contributed by atoms with Crippen molar-refractivity contribution >= 4 is 23.6 Å². The quantitative estimate of drug-likeness (QED) is 0.399. The maximum atomic E-state index is 15.2. The molecular weight excluding hydrogens is 540 g/mol. The smallest absolute Gasteiger partial charge is 0.411 e. The van der Waals surface area contributed by atoms with Gasteiger partial charge in [0.2, 0.25) is 5.91 Å². The number of amides is 3. The molecule has 1 aliphatic carbocycles. The highest BCUT2D eigenvalue weighted by atomic mass is 16.6. The van der Waals surface area contributed by atoms with Crippen LogP contribution in [-0.4, -0.2) is 51.0 Å². The van der Waals surface area contributed by atoms with Crippen LogP contribution in [0.15, 0.2) is 48.8 Å². The van der Waals surface area contributed by atoms with Gasteiger partial charge in [0.05, 0.1) is 0 Å². The van der Waals surface area contributed by atoms with Crippen molar-refractivity contribution in [1.29, 1.82) is 0 Å². The van der Waals surface area contributed by atoms with Gasteiger partial charge >= 0.3 is 6.09 Å². The molecule has 8 heteroatoms. The second kappa shape index (κ2) is 11.9. The summed E-state index contributed by atoms with van der Waals surface area (Å²) in [4.78, 5) is 50.8. The summed E-state index contributed by atoms with van der Waals surface area (Å²) in [6, 6.07) is 10.7. The van der Waals surface area contributed by atoms with E-state index in [9.17, 15) is 9.59 Å². The number of anilines is 1. The fraction of sp³-hybridized carbons (Fsp3) is 0.600. The largest absolute Gasteiger partial charge is 0.444 e. The highest BCUT2D eigenvalue weighted by Crippen LogP contribution is 2.49. The Morgan fingerprint density at radius 1 is 0.953 bits per heavy atom. The summed E-state index contributed by atoms with van der Waals surface area (Å²) < 4.78 is 5.84. The van der Waals surface area contributed by atoms with Crippen molar-refractivity contribution in [3.63, 3.8) is 0 Å². The first-order valence-corrected chi connectivity index (χ1v) is 16.0. The zero-order valence-corrected chi connectivity index (χ0v) is 26.7. The Kier molecular flexibility index (Phi) is 8.61. The highest BCUT2D eigenvalue weighted by molar-refractivity contribution is 6.07. The molecule has 43 heavy (non-hydrogen) atoms.